The maximum absolute atomic E-state index is 12.2. The second kappa shape index (κ2) is 9.33. The lowest BCUT2D eigenvalue weighted by Crippen LogP contribution is -2.41. The Morgan fingerprint density at radius 2 is 1.80 bits per heavy atom. The zero-order valence-corrected chi connectivity index (χ0v) is 19.2. The summed E-state index contributed by atoms with van der Waals surface area (Å²) in [5.41, 5.74) is 1.57. The van der Waals surface area contributed by atoms with E-state index in [0.717, 1.165) is 16.6 Å². The van der Waals surface area contributed by atoms with E-state index in [1.54, 1.807) is 6.20 Å². The van der Waals surface area contributed by atoms with Gasteiger partial charge in [0.1, 0.15) is 11.2 Å². The van der Waals surface area contributed by atoms with Crippen LogP contribution in [0.3, 0.4) is 0 Å². The van der Waals surface area contributed by atoms with Crippen LogP contribution in [-0.2, 0) is 20.7 Å². The number of benzene rings is 1. The minimum Gasteiger partial charge on any atom is -0.445 e. The molecule has 0 bridgehead atoms. The topological polar surface area (TPSA) is 69.7 Å². The molecule has 1 amide bonds. The van der Waals surface area contributed by atoms with Gasteiger partial charge < -0.3 is 19.4 Å². The number of carbonyl (C=O) groups excluding carboxylic acids is 1. The third-order valence-corrected chi connectivity index (χ3v) is 6.00. The van der Waals surface area contributed by atoms with E-state index in [1.165, 1.54) is 0 Å². The van der Waals surface area contributed by atoms with Crippen LogP contribution >= 0.6 is 15.9 Å². The molecule has 158 valence electrons. The van der Waals surface area contributed by atoms with Crippen LogP contribution in [0.25, 0.3) is 6.08 Å². The number of rotatable bonds is 6. The van der Waals surface area contributed by atoms with Crippen LogP contribution in [0.1, 0.15) is 38.8 Å². The zero-order chi connectivity index (χ0) is 21.8. The number of pyridine rings is 1. The third-order valence-electron chi connectivity index (χ3n) is 5.33. The second-order valence-corrected chi connectivity index (χ2v) is 8.86. The number of nitrogens with zero attached hydrogens (tertiary/aromatic N) is 1. The van der Waals surface area contributed by atoms with Gasteiger partial charge in [-0.15, -0.1) is 0 Å². The summed E-state index contributed by atoms with van der Waals surface area (Å²) in [5.74, 6) is 0. The molecule has 1 aromatic heterocycles. The predicted molar refractivity (Wildman–Crippen MR) is 121 cm³/mol. The smallest absolute Gasteiger partial charge is 0.445 e. The highest BCUT2D eigenvalue weighted by Gasteiger charge is 2.52. The lowest BCUT2D eigenvalue weighted by molar-refractivity contribution is 0.00578. The fraction of sp³-hybridized carbons (Fsp3) is 0.364. The summed E-state index contributed by atoms with van der Waals surface area (Å²) in [6.07, 6.45) is 3.11. The number of carbonyl (C=O) groups is 1. The van der Waals surface area contributed by atoms with Gasteiger partial charge in [0.05, 0.1) is 11.2 Å². The number of hydrogen-bond acceptors (Lipinski definition) is 5. The SMILES string of the molecule is CC1(C)OB(C(=Cc2cccnc2Br)CNC(=O)OCc2ccccc2)OC1(C)C. The summed E-state index contributed by atoms with van der Waals surface area (Å²) in [6.45, 7) is 8.39. The zero-order valence-electron chi connectivity index (χ0n) is 17.6. The standard InChI is InChI=1S/C22H26BBrN2O4/c1-21(2)22(3,4)30-23(29-21)18(13-17-11-8-12-25-19(17)24)14-26-20(27)28-15-16-9-6-5-7-10-16/h5-13H,14-15H2,1-4H3,(H,26,27). The van der Waals surface area contributed by atoms with Crippen molar-refractivity contribution in [3.05, 3.63) is 69.9 Å². The first-order valence-corrected chi connectivity index (χ1v) is 10.6. The lowest BCUT2D eigenvalue weighted by Gasteiger charge is -2.32. The van der Waals surface area contributed by atoms with Crippen molar-refractivity contribution in [2.45, 2.75) is 45.5 Å². The van der Waals surface area contributed by atoms with Crippen LogP contribution in [0.5, 0.6) is 0 Å². The molecule has 6 nitrogen and oxygen atoms in total. The number of ether oxygens (including phenoxy) is 1. The maximum Gasteiger partial charge on any atom is 0.492 e. The monoisotopic (exact) mass is 472 g/mol. The van der Waals surface area contributed by atoms with Gasteiger partial charge in [-0.25, -0.2) is 9.78 Å². The number of amides is 1. The van der Waals surface area contributed by atoms with E-state index in [2.05, 4.69) is 26.2 Å². The van der Waals surface area contributed by atoms with Crippen molar-refractivity contribution in [3.8, 4) is 0 Å². The molecule has 1 aliphatic heterocycles. The predicted octanol–water partition coefficient (Wildman–Crippen LogP) is 4.79. The molecular weight excluding hydrogens is 447 g/mol. The number of alkyl carbamates (subject to hydrolysis) is 1. The molecule has 1 aliphatic rings. The molecule has 0 radical (unpaired) electrons. The number of aromatic nitrogens is 1. The number of halogens is 1. The molecule has 1 N–H and O–H groups in total. The minimum atomic E-state index is -0.600. The Hall–Kier alpha value is -2.16. The van der Waals surface area contributed by atoms with Gasteiger partial charge in [0.25, 0.3) is 0 Å². The van der Waals surface area contributed by atoms with E-state index >= 15 is 0 Å². The molecule has 1 aromatic carbocycles. The molecule has 2 heterocycles. The van der Waals surface area contributed by atoms with Crippen molar-refractivity contribution in [1.82, 2.24) is 10.3 Å². The van der Waals surface area contributed by atoms with Crippen LogP contribution in [0.4, 0.5) is 4.79 Å². The van der Waals surface area contributed by atoms with Gasteiger partial charge in [-0.05, 0) is 60.7 Å². The van der Waals surface area contributed by atoms with Gasteiger partial charge in [-0.3, -0.25) is 0 Å². The summed E-state index contributed by atoms with van der Waals surface area (Å²) in [5, 5.41) is 2.80. The summed E-state index contributed by atoms with van der Waals surface area (Å²) in [6, 6.07) is 13.3. The van der Waals surface area contributed by atoms with Crippen molar-refractivity contribution < 1.29 is 18.8 Å². The quantitative estimate of drug-likeness (QED) is 0.483. The molecule has 0 saturated carbocycles. The summed E-state index contributed by atoms with van der Waals surface area (Å²) < 4.78 is 18.4. The van der Waals surface area contributed by atoms with E-state index in [9.17, 15) is 4.79 Å². The highest BCUT2D eigenvalue weighted by Crippen LogP contribution is 2.38. The van der Waals surface area contributed by atoms with Crippen LogP contribution in [-0.4, -0.2) is 35.9 Å². The van der Waals surface area contributed by atoms with Crippen LogP contribution < -0.4 is 5.32 Å². The van der Waals surface area contributed by atoms with E-state index in [-0.39, 0.29) is 13.2 Å². The minimum absolute atomic E-state index is 0.205. The van der Waals surface area contributed by atoms with Gasteiger partial charge in [-0.1, -0.05) is 42.5 Å². The van der Waals surface area contributed by atoms with Gasteiger partial charge in [0.15, 0.2) is 0 Å². The molecule has 0 unspecified atom stereocenters. The summed E-state index contributed by atoms with van der Waals surface area (Å²) >= 11 is 3.46. The van der Waals surface area contributed by atoms with Crippen LogP contribution in [0, 0.1) is 0 Å². The fourth-order valence-electron chi connectivity index (χ4n) is 2.85. The van der Waals surface area contributed by atoms with Gasteiger partial charge >= 0.3 is 13.2 Å². The Morgan fingerprint density at radius 3 is 2.43 bits per heavy atom. The Morgan fingerprint density at radius 1 is 1.13 bits per heavy atom. The van der Waals surface area contributed by atoms with Crippen molar-refractivity contribution in [2.75, 3.05) is 6.54 Å². The first-order valence-electron chi connectivity index (χ1n) is 9.79. The number of nitrogens with one attached hydrogen (secondary N) is 1. The molecule has 2 aromatic rings. The largest absolute Gasteiger partial charge is 0.492 e. The van der Waals surface area contributed by atoms with Gasteiger partial charge in [0.2, 0.25) is 0 Å². The molecule has 30 heavy (non-hydrogen) atoms. The average molecular weight is 473 g/mol. The summed E-state index contributed by atoms with van der Waals surface area (Å²) in [4.78, 5) is 16.5. The Balaban J connectivity index is 1.72. The third kappa shape index (κ3) is 5.50. The fourth-order valence-corrected chi connectivity index (χ4v) is 3.22. The van der Waals surface area contributed by atoms with E-state index < -0.39 is 24.4 Å². The van der Waals surface area contributed by atoms with Crippen LogP contribution in [0.2, 0.25) is 0 Å². The molecule has 8 heteroatoms. The van der Waals surface area contributed by atoms with Crippen molar-refractivity contribution >= 4 is 35.2 Å². The van der Waals surface area contributed by atoms with Gasteiger partial charge in [-0.2, -0.15) is 0 Å². The average Bonchev–Trinajstić information content (AvgIpc) is 2.92. The van der Waals surface area contributed by atoms with E-state index in [0.29, 0.717) is 4.60 Å². The maximum atomic E-state index is 12.2. The van der Waals surface area contributed by atoms with E-state index in [1.807, 2.05) is 76.2 Å². The Labute approximate surface area is 186 Å². The molecule has 3 rings (SSSR count). The number of hydrogen-bond donors (Lipinski definition) is 1. The summed E-state index contributed by atoms with van der Waals surface area (Å²) in [7, 11) is -0.600. The first-order chi connectivity index (χ1) is 14.2. The van der Waals surface area contributed by atoms with Crippen molar-refractivity contribution in [3.63, 3.8) is 0 Å². The normalized spacial score (nSPS) is 17.6. The molecule has 0 aliphatic carbocycles. The Kier molecular flexibility index (Phi) is 7.00. The van der Waals surface area contributed by atoms with Crippen LogP contribution in [0.15, 0.2) is 58.7 Å². The molecule has 0 spiro atoms. The molecule has 1 fully saturated rings. The van der Waals surface area contributed by atoms with Gasteiger partial charge in [0, 0.05) is 18.3 Å². The molecule has 1 saturated heterocycles. The van der Waals surface area contributed by atoms with Crippen molar-refractivity contribution in [1.29, 1.82) is 0 Å². The first kappa shape index (κ1) is 22.5. The highest BCUT2D eigenvalue weighted by atomic mass is 79.9. The van der Waals surface area contributed by atoms with E-state index in [4.69, 9.17) is 14.0 Å². The molecular formula is C22H26BBrN2O4. The second-order valence-electron chi connectivity index (χ2n) is 8.11. The Bertz CT molecular complexity index is 902. The van der Waals surface area contributed by atoms with Crippen molar-refractivity contribution in [2.24, 2.45) is 0 Å². The lowest BCUT2D eigenvalue weighted by atomic mass is 9.77. The highest BCUT2D eigenvalue weighted by molar-refractivity contribution is 9.10. The molecule has 0 atom stereocenters.